The lowest BCUT2D eigenvalue weighted by Crippen LogP contribution is -2.33. The number of anilines is 1. The second kappa shape index (κ2) is 7.62. The molecule has 0 fully saturated rings. The van der Waals surface area contributed by atoms with Gasteiger partial charge in [0.05, 0.1) is 5.75 Å². The Morgan fingerprint density at radius 1 is 1.08 bits per heavy atom. The van der Waals surface area contributed by atoms with Crippen molar-refractivity contribution in [3.05, 3.63) is 65.2 Å². The summed E-state index contributed by atoms with van der Waals surface area (Å²) in [5.41, 5.74) is 3.40. The Morgan fingerprint density at radius 3 is 2.29 bits per heavy atom. The van der Waals surface area contributed by atoms with Crippen LogP contribution in [-0.4, -0.2) is 19.6 Å². The minimum absolute atomic E-state index is 0.136. The predicted molar refractivity (Wildman–Crippen MR) is 97.7 cm³/mol. The van der Waals surface area contributed by atoms with Gasteiger partial charge in [-0.05, 0) is 49.1 Å². The molecule has 0 bridgehead atoms. The third-order valence-electron chi connectivity index (χ3n) is 4.16. The van der Waals surface area contributed by atoms with Gasteiger partial charge in [0.1, 0.15) is 5.25 Å². The molecule has 1 N–H and O–H groups in total. The second-order valence-corrected chi connectivity index (χ2v) is 8.24. The highest BCUT2D eigenvalue weighted by molar-refractivity contribution is 7.92. The van der Waals surface area contributed by atoms with Gasteiger partial charge in [-0.2, -0.15) is 0 Å². The van der Waals surface area contributed by atoms with E-state index in [0.29, 0.717) is 5.69 Å². The number of sulfone groups is 1. The summed E-state index contributed by atoms with van der Waals surface area (Å²) in [6, 6.07) is 14.7. The van der Waals surface area contributed by atoms with Gasteiger partial charge in [0.15, 0.2) is 9.84 Å². The molecule has 24 heavy (non-hydrogen) atoms. The van der Waals surface area contributed by atoms with E-state index in [-0.39, 0.29) is 5.75 Å². The minimum Gasteiger partial charge on any atom is -0.325 e. The average Bonchev–Trinajstić information content (AvgIpc) is 2.56. The van der Waals surface area contributed by atoms with Crippen molar-refractivity contribution in [3.63, 3.8) is 0 Å². The Kier molecular flexibility index (Phi) is 5.78. The summed E-state index contributed by atoms with van der Waals surface area (Å²) in [6.45, 7) is 5.35. The van der Waals surface area contributed by atoms with Crippen molar-refractivity contribution in [1.82, 2.24) is 0 Å². The maximum Gasteiger partial charge on any atom is 0.242 e. The van der Waals surface area contributed by atoms with E-state index in [1.54, 1.807) is 24.3 Å². The molecule has 0 spiro atoms. The van der Waals surface area contributed by atoms with E-state index in [1.807, 2.05) is 38.1 Å². The van der Waals surface area contributed by atoms with Crippen molar-refractivity contribution < 1.29 is 13.2 Å². The molecule has 0 aromatic heterocycles. The van der Waals surface area contributed by atoms with Crippen molar-refractivity contribution in [3.8, 4) is 0 Å². The third kappa shape index (κ3) is 4.45. The number of amides is 1. The Hall–Kier alpha value is -2.14. The van der Waals surface area contributed by atoms with E-state index in [4.69, 9.17) is 0 Å². The van der Waals surface area contributed by atoms with E-state index in [1.165, 1.54) is 6.92 Å². The first kappa shape index (κ1) is 18.2. The average molecular weight is 345 g/mol. The fourth-order valence-electron chi connectivity index (χ4n) is 2.34. The van der Waals surface area contributed by atoms with E-state index < -0.39 is 21.0 Å². The molecule has 0 aliphatic heterocycles. The van der Waals surface area contributed by atoms with Crippen LogP contribution in [0.3, 0.4) is 0 Å². The quantitative estimate of drug-likeness (QED) is 0.871. The molecule has 0 saturated heterocycles. The Bertz CT molecular complexity index is 811. The van der Waals surface area contributed by atoms with Crippen LogP contribution in [0.1, 0.15) is 30.5 Å². The van der Waals surface area contributed by atoms with Crippen LogP contribution in [0.5, 0.6) is 0 Å². The number of nitrogens with one attached hydrogen (secondary N) is 1. The normalized spacial score (nSPS) is 12.6. The van der Waals surface area contributed by atoms with Crippen LogP contribution in [-0.2, 0) is 26.8 Å². The van der Waals surface area contributed by atoms with E-state index in [0.717, 1.165) is 23.1 Å². The SMILES string of the molecule is CCc1ccc(NC(=O)[C@H](C)S(=O)(=O)Cc2ccccc2C)cc1. The first-order valence-electron chi connectivity index (χ1n) is 7.99. The summed E-state index contributed by atoms with van der Waals surface area (Å²) in [7, 11) is -3.58. The van der Waals surface area contributed by atoms with Crippen LogP contribution in [0, 0.1) is 6.92 Å². The summed E-state index contributed by atoms with van der Waals surface area (Å²) in [4.78, 5) is 12.3. The van der Waals surface area contributed by atoms with Crippen LogP contribution >= 0.6 is 0 Å². The maximum atomic E-state index is 12.5. The zero-order valence-electron chi connectivity index (χ0n) is 14.2. The molecule has 2 rings (SSSR count). The first-order valence-corrected chi connectivity index (χ1v) is 9.71. The first-order chi connectivity index (χ1) is 11.3. The fourth-order valence-corrected chi connectivity index (χ4v) is 3.74. The van der Waals surface area contributed by atoms with E-state index in [9.17, 15) is 13.2 Å². The topological polar surface area (TPSA) is 63.2 Å². The summed E-state index contributed by atoms with van der Waals surface area (Å²) in [6.07, 6.45) is 0.912. The largest absolute Gasteiger partial charge is 0.325 e. The van der Waals surface area contributed by atoms with Gasteiger partial charge < -0.3 is 5.32 Å². The molecule has 1 atom stereocenters. The fraction of sp³-hybridized carbons (Fsp3) is 0.316. The predicted octanol–water partition coefficient (Wildman–Crippen LogP) is 3.50. The molecule has 0 unspecified atom stereocenters. The van der Waals surface area contributed by atoms with Crippen LogP contribution in [0.2, 0.25) is 0 Å². The lowest BCUT2D eigenvalue weighted by molar-refractivity contribution is -0.115. The van der Waals surface area contributed by atoms with Crippen molar-refractivity contribution in [2.75, 3.05) is 5.32 Å². The molecule has 2 aromatic rings. The highest BCUT2D eigenvalue weighted by Gasteiger charge is 2.28. The highest BCUT2D eigenvalue weighted by Crippen LogP contribution is 2.17. The summed E-state index contributed by atoms with van der Waals surface area (Å²) in [5.74, 6) is -0.643. The Balaban J connectivity index is 2.09. The molecule has 128 valence electrons. The molecule has 2 aromatic carbocycles. The van der Waals surface area contributed by atoms with Gasteiger partial charge in [-0.3, -0.25) is 4.79 Å². The molecule has 4 nitrogen and oxygen atoms in total. The number of hydrogen-bond acceptors (Lipinski definition) is 3. The third-order valence-corrected chi connectivity index (χ3v) is 6.16. The van der Waals surface area contributed by atoms with Gasteiger partial charge in [0.25, 0.3) is 0 Å². The van der Waals surface area contributed by atoms with E-state index in [2.05, 4.69) is 5.32 Å². The van der Waals surface area contributed by atoms with Crippen molar-refractivity contribution in [1.29, 1.82) is 0 Å². The van der Waals surface area contributed by atoms with Crippen LogP contribution in [0.4, 0.5) is 5.69 Å². The number of hydrogen-bond donors (Lipinski definition) is 1. The lowest BCUT2D eigenvalue weighted by atomic mass is 10.1. The molecule has 0 saturated carbocycles. The standard InChI is InChI=1S/C19H23NO3S/c1-4-16-9-11-18(12-10-16)20-19(21)15(3)24(22,23)13-17-8-6-5-7-14(17)2/h5-12,15H,4,13H2,1-3H3,(H,20,21)/t15-/m0/s1. The van der Waals surface area contributed by atoms with Gasteiger partial charge in [-0.1, -0.05) is 43.3 Å². The van der Waals surface area contributed by atoms with Crippen molar-refractivity contribution in [2.24, 2.45) is 0 Å². The molecule has 5 heteroatoms. The number of carbonyl (C=O) groups excluding carboxylic acids is 1. The second-order valence-electron chi connectivity index (χ2n) is 5.92. The molecule has 0 radical (unpaired) electrons. The van der Waals surface area contributed by atoms with Gasteiger partial charge in [-0.25, -0.2) is 8.42 Å². The molecule has 1 amide bonds. The zero-order valence-corrected chi connectivity index (χ0v) is 15.1. The summed E-state index contributed by atoms with van der Waals surface area (Å²) in [5, 5.41) is 1.57. The molecule has 0 aliphatic rings. The maximum absolute atomic E-state index is 12.5. The van der Waals surface area contributed by atoms with Crippen LogP contribution < -0.4 is 5.32 Å². The van der Waals surface area contributed by atoms with Gasteiger partial charge >= 0.3 is 0 Å². The number of rotatable bonds is 6. The Labute approximate surface area is 143 Å². The minimum atomic E-state index is -3.58. The monoisotopic (exact) mass is 345 g/mol. The molecular formula is C19H23NO3S. The van der Waals surface area contributed by atoms with E-state index >= 15 is 0 Å². The molecule has 0 heterocycles. The smallest absolute Gasteiger partial charge is 0.242 e. The Morgan fingerprint density at radius 2 is 1.71 bits per heavy atom. The van der Waals surface area contributed by atoms with Crippen molar-refractivity contribution >= 4 is 21.4 Å². The zero-order chi connectivity index (χ0) is 17.7. The van der Waals surface area contributed by atoms with Gasteiger partial charge in [0, 0.05) is 5.69 Å². The van der Waals surface area contributed by atoms with Gasteiger partial charge in [-0.15, -0.1) is 0 Å². The van der Waals surface area contributed by atoms with Gasteiger partial charge in [0.2, 0.25) is 5.91 Å². The van der Waals surface area contributed by atoms with Crippen LogP contribution in [0.15, 0.2) is 48.5 Å². The molecule has 0 aliphatic carbocycles. The number of aryl methyl sites for hydroxylation is 2. The highest BCUT2D eigenvalue weighted by atomic mass is 32.2. The van der Waals surface area contributed by atoms with Crippen LogP contribution in [0.25, 0.3) is 0 Å². The lowest BCUT2D eigenvalue weighted by Gasteiger charge is -2.14. The molecular weight excluding hydrogens is 322 g/mol. The van der Waals surface area contributed by atoms with Crippen molar-refractivity contribution in [2.45, 2.75) is 38.2 Å². The summed E-state index contributed by atoms with van der Waals surface area (Å²) >= 11 is 0. The number of benzene rings is 2. The number of carbonyl (C=O) groups is 1. The summed E-state index contributed by atoms with van der Waals surface area (Å²) < 4.78 is 25.0.